The lowest BCUT2D eigenvalue weighted by Gasteiger charge is -2.17. The molecule has 0 amide bonds. The number of pyridine rings is 2. The van der Waals surface area contributed by atoms with Crippen molar-refractivity contribution in [3.63, 3.8) is 0 Å². The van der Waals surface area contributed by atoms with E-state index in [2.05, 4.69) is 48.6 Å². The summed E-state index contributed by atoms with van der Waals surface area (Å²) in [6.45, 7) is 1.41. The predicted molar refractivity (Wildman–Crippen MR) is 130 cm³/mol. The van der Waals surface area contributed by atoms with Gasteiger partial charge in [0.15, 0.2) is 0 Å². The van der Waals surface area contributed by atoms with Crippen LogP contribution < -0.4 is 10.2 Å². The molecular weight excluding hydrogens is 436 g/mol. The Kier molecular flexibility index (Phi) is 5.87. The van der Waals surface area contributed by atoms with Crippen molar-refractivity contribution in [1.82, 2.24) is 25.1 Å². The monoisotopic (exact) mass is 463 g/mol. The first-order chi connectivity index (χ1) is 16.4. The lowest BCUT2D eigenvalue weighted by molar-refractivity contribution is 0.0256. The topological polar surface area (TPSA) is 73.0 Å². The van der Waals surface area contributed by atoms with Crippen LogP contribution in [0.1, 0.15) is 17.7 Å². The van der Waals surface area contributed by atoms with Crippen LogP contribution in [-0.2, 0) is 13.1 Å². The molecule has 2 N–H and O–H groups in total. The fraction of sp³-hybridized carbons (Fsp3) is 0.320. The molecule has 7 nitrogen and oxygen atoms in total. The number of nitrogens with zero attached hydrogens (tertiary/aromatic N) is 5. The molecule has 0 aliphatic carbocycles. The molecule has 0 atom stereocenters. The van der Waals surface area contributed by atoms with Crippen molar-refractivity contribution in [3.05, 3.63) is 66.2 Å². The summed E-state index contributed by atoms with van der Waals surface area (Å²) < 4.78 is 26.9. The van der Waals surface area contributed by atoms with Crippen LogP contribution in [-0.4, -0.2) is 58.2 Å². The Morgan fingerprint density at radius 3 is 2.71 bits per heavy atom. The molecule has 3 aromatic heterocycles. The first-order valence-corrected chi connectivity index (χ1v) is 11.2. The minimum Gasteiger partial charge on any atom is -0.378 e. The maximum Gasteiger partial charge on any atom is 0.266 e. The average Bonchev–Trinajstić information content (AvgIpc) is 3.40. The molecule has 4 aromatic rings. The summed E-state index contributed by atoms with van der Waals surface area (Å²) in [5.74, 6) is -2.06. The number of aromatic amines is 1. The van der Waals surface area contributed by atoms with Crippen molar-refractivity contribution >= 4 is 22.4 Å². The van der Waals surface area contributed by atoms with Gasteiger partial charge in [0.05, 0.1) is 36.2 Å². The maximum absolute atomic E-state index is 13.5. The minimum atomic E-state index is -2.64. The quantitative estimate of drug-likeness (QED) is 0.419. The van der Waals surface area contributed by atoms with E-state index in [1.165, 1.54) is 0 Å². The fourth-order valence-electron chi connectivity index (χ4n) is 4.27. The van der Waals surface area contributed by atoms with Crippen molar-refractivity contribution in [1.29, 1.82) is 0 Å². The summed E-state index contributed by atoms with van der Waals surface area (Å²) >= 11 is 0. The number of H-pyrrole nitrogens is 1. The normalized spacial score (nSPS) is 15.4. The highest BCUT2D eigenvalue weighted by molar-refractivity contribution is 5.86. The Hall–Kier alpha value is -3.59. The maximum atomic E-state index is 13.5. The van der Waals surface area contributed by atoms with E-state index in [9.17, 15) is 8.78 Å². The molecule has 9 heteroatoms. The summed E-state index contributed by atoms with van der Waals surface area (Å²) in [5.41, 5.74) is 5.96. The number of anilines is 2. The van der Waals surface area contributed by atoms with Gasteiger partial charge in [-0.2, -0.15) is 5.10 Å². The summed E-state index contributed by atoms with van der Waals surface area (Å²) in [6.07, 6.45) is 5.32. The second-order valence-electron chi connectivity index (χ2n) is 9.04. The number of alkyl halides is 2. The molecule has 0 spiro atoms. The van der Waals surface area contributed by atoms with Crippen LogP contribution in [0.15, 0.2) is 55.0 Å². The highest BCUT2D eigenvalue weighted by Crippen LogP contribution is 2.30. The van der Waals surface area contributed by atoms with Gasteiger partial charge in [-0.15, -0.1) is 0 Å². The van der Waals surface area contributed by atoms with Crippen LogP contribution in [0.25, 0.3) is 22.0 Å². The number of fused-ring (bicyclic) bond motifs is 1. The number of halogens is 2. The molecule has 1 saturated heterocycles. The van der Waals surface area contributed by atoms with Crippen LogP contribution in [0.5, 0.6) is 0 Å². The van der Waals surface area contributed by atoms with E-state index in [0.29, 0.717) is 18.9 Å². The zero-order valence-electron chi connectivity index (χ0n) is 19.2. The largest absolute Gasteiger partial charge is 0.378 e. The Morgan fingerprint density at radius 1 is 1.09 bits per heavy atom. The van der Waals surface area contributed by atoms with Crippen molar-refractivity contribution in [2.75, 3.05) is 37.4 Å². The third kappa shape index (κ3) is 4.84. The van der Waals surface area contributed by atoms with Gasteiger partial charge in [-0.05, 0) is 55.6 Å². The van der Waals surface area contributed by atoms with Crippen LogP contribution in [0.4, 0.5) is 20.3 Å². The number of aromatic nitrogens is 4. The van der Waals surface area contributed by atoms with Crippen molar-refractivity contribution in [3.8, 4) is 11.1 Å². The van der Waals surface area contributed by atoms with E-state index in [-0.39, 0.29) is 13.0 Å². The second-order valence-corrected chi connectivity index (χ2v) is 9.04. The fourth-order valence-corrected chi connectivity index (χ4v) is 4.27. The summed E-state index contributed by atoms with van der Waals surface area (Å²) in [7, 11) is 4.08. The highest BCUT2D eigenvalue weighted by atomic mass is 19.3. The average molecular weight is 464 g/mol. The Bertz CT molecular complexity index is 1280. The summed E-state index contributed by atoms with van der Waals surface area (Å²) in [6, 6.07) is 12.0. The van der Waals surface area contributed by atoms with Gasteiger partial charge in [-0.1, -0.05) is 6.07 Å². The van der Waals surface area contributed by atoms with Gasteiger partial charge >= 0.3 is 0 Å². The Balaban J connectivity index is 1.30. The van der Waals surface area contributed by atoms with Crippen molar-refractivity contribution in [2.45, 2.75) is 25.4 Å². The first kappa shape index (κ1) is 22.2. The molecule has 0 radical (unpaired) electrons. The summed E-state index contributed by atoms with van der Waals surface area (Å²) in [4.78, 5) is 12.5. The first-order valence-electron chi connectivity index (χ1n) is 11.2. The van der Waals surface area contributed by atoms with Gasteiger partial charge in [0.2, 0.25) is 0 Å². The van der Waals surface area contributed by atoms with E-state index >= 15 is 0 Å². The molecular formula is C25H27F2N7. The van der Waals surface area contributed by atoms with Crippen LogP contribution in [0.3, 0.4) is 0 Å². The standard InChI is InChI=1S/C25H27F2N7/c1-33(2)15-17-9-19(12-28-11-17)18-3-5-22-21(10-18)23(32-31-22)14-29-20-4-6-24(30-13-20)34-8-7-25(26,27)16-34/h3-6,9-13,29H,7-8,14-16H2,1-2H3,(H,31,32). The second kappa shape index (κ2) is 8.98. The number of hydrogen-bond donors (Lipinski definition) is 2. The molecule has 34 heavy (non-hydrogen) atoms. The predicted octanol–water partition coefficient (Wildman–Crippen LogP) is 4.54. The molecule has 5 rings (SSSR count). The molecule has 1 aliphatic rings. The van der Waals surface area contributed by atoms with Crippen LogP contribution >= 0.6 is 0 Å². The molecule has 4 heterocycles. The third-order valence-electron chi connectivity index (χ3n) is 5.97. The molecule has 1 fully saturated rings. The smallest absolute Gasteiger partial charge is 0.266 e. The number of hydrogen-bond acceptors (Lipinski definition) is 6. The molecule has 0 bridgehead atoms. The molecule has 176 valence electrons. The van der Waals surface area contributed by atoms with E-state index in [0.717, 1.165) is 45.5 Å². The van der Waals surface area contributed by atoms with Gasteiger partial charge in [0.25, 0.3) is 5.92 Å². The lowest BCUT2D eigenvalue weighted by atomic mass is 10.0. The van der Waals surface area contributed by atoms with Crippen molar-refractivity contribution < 1.29 is 8.78 Å². The lowest BCUT2D eigenvalue weighted by Crippen LogP contribution is -2.25. The van der Waals surface area contributed by atoms with Crippen LogP contribution in [0.2, 0.25) is 0 Å². The van der Waals surface area contributed by atoms with E-state index < -0.39 is 5.92 Å². The Labute approximate surface area is 196 Å². The molecule has 1 aliphatic heterocycles. The number of nitrogens with one attached hydrogen (secondary N) is 2. The zero-order chi connectivity index (χ0) is 23.7. The van der Waals surface area contributed by atoms with Gasteiger partial charge < -0.3 is 15.1 Å². The zero-order valence-corrected chi connectivity index (χ0v) is 19.2. The van der Waals surface area contributed by atoms with Gasteiger partial charge in [-0.3, -0.25) is 10.1 Å². The van der Waals surface area contributed by atoms with E-state index in [4.69, 9.17) is 0 Å². The van der Waals surface area contributed by atoms with Gasteiger partial charge in [-0.25, -0.2) is 13.8 Å². The molecule has 0 unspecified atom stereocenters. The van der Waals surface area contributed by atoms with E-state index in [1.807, 2.05) is 38.6 Å². The SMILES string of the molecule is CN(C)Cc1cncc(-c2ccc3n[nH]c(CNc4ccc(N5CCC(F)(F)C5)nc4)c3c2)c1. The summed E-state index contributed by atoms with van der Waals surface area (Å²) in [5, 5.41) is 11.9. The minimum absolute atomic E-state index is 0.125. The van der Waals surface area contributed by atoms with Gasteiger partial charge in [0.1, 0.15) is 5.82 Å². The highest BCUT2D eigenvalue weighted by Gasteiger charge is 2.38. The number of rotatable bonds is 7. The number of benzene rings is 1. The molecule has 1 aromatic carbocycles. The van der Waals surface area contributed by atoms with Crippen molar-refractivity contribution in [2.24, 2.45) is 0 Å². The van der Waals surface area contributed by atoms with E-state index in [1.54, 1.807) is 17.2 Å². The molecule has 0 saturated carbocycles. The van der Waals surface area contributed by atoms with Crippen LogP contribution in [0, 0.1) is 0 Å². The Morgan fingerprint density at radius 2 is 1.97 bits per heavy atom. The van der Waals surface area contributed by atoms with Gasteiger partial charge in [0, 0.05) is 42.9 Å². The third-order valence-corrected chi connectivity index (χ3v) is 5.97.